The van der Waals surface area contributed by atoms with Gasteiger partial charge in [0.2, 0.25) is 0 Å². The van der Waals surface area contributed by atoms with Crippen LogP contribution in [0.3, 0.4) is 0 Å². The molecule has 2 N–H and O–H groups in total. The van der Waals surface area contributed by atoms with E-state index in [9.17, 15) is 19.6 Å². The van der Waals surface area contributed by atoms with Crippen molar-refractivity contribution in [2.45, 2.75) is 31.7 Å². The molecule has 0 bridgehead atoms. The molecule has 1 aliphatic heterocycles. The normalized spacial score (nSPS) is 21.4. The summed E-state index contributed by atoms with van der Waals surface area (Å²) in [5.74, 6) is -1.04. The van der Waals surface area contributed by atoms with Crippen molar-refractivity contribution in [3.8, 4) is 5.75 Å². The van der Waals surface area contributed by atoms with Gasteiger partial charge in [0.05, 0.1) is 11.0 Å². The second kappa shape index (κ2) is 6.80. The Morgan fingerprint density at radius 3 is 2.57 bits per heavy atom. The third kappa shape index (κ3) is 3.30. The fraction of sp³-hybridized carbons (Fsp3) is 0.625. The molecular weight excluding hydrogens is 301 g/mol. The predicted octanol–water partition coefficient (Wildman–Crippen LogP) is 2.58. The summed E-state index contributed by atoms with van der Waals surface area (Å²) in [6.07, 6.45) is 4.26. The van der Waals surface area contributed by atoms with Crippen LogP contribution < -0.4 is 5.32 Å². The number of halogens is 1. The van der Waals surface area contributed by atoms with E-state index in [1.165, 1.54) is 6.07 Å². The van der Waals surface area contributed by atoms with Crippen molar-refractivity contribution in [3.63, 3.8) is 0 Å². The molecule has 0 radical (unpaired) electrons. The van der Waals surface area contributed by atoms with E-state index in [1.54, 1.807) is 0 Å². The van der Waals surface area contributed by atoms with Gasteiger partial charge in [0, 0.05) is 43.9 Å². The standard InChI is InChI=1S/C16H22FN3O3/c17-14-10-12(20(22)23)9-13(16(14)21)15(11-3-1-2-4-11)19-7-5-18-6-8-19/h9-11,15,18,21H,1-8H2/t15-/m0/s1. The largest absolute Gasteiger partial charge is 0.505 e. The number of nitro groups is 1. The Kier molecular flexibility index (Phi) is 4.77. The number of nitrogens with zero attached hydrogens (tertiary/aromatic N) is 2. The lowest BCUT2D eigenvalue weighted by atomic mass is 9.88. The Labute approximate surface area is 134 Å². The molecule has 1 aromatic rings. The van der Waals surface area contributed by atoms with Crippen LogP contribution in [0.15, 0.2) is 12.1 Å². The molecule has 1 aromatic carbocycles. The zero-order valence-electron chi connectivity index (χ0n) is 13.0. The van der Waals surface area contributed by atoms with Gasteiger partial charge in [0.1, 0.15) is 0 Å². The minimum atomic E-state index is -0.910. The molecule has 7 heteroatoms. The lowest BCUT2D eigenvalue weighted by Gasteiger charge is -2.38. The number of non-ortho nitro benzene ring substituents is 1. The number of phenolic OH excluding ortho intramolecular Hbond substituents is 1. The van der Waals surface area contributed by atoms with Crippen LogP contribution in [0.4, 0.5) is 10.1 Å². The number of rotatable bonds is 4. The van der Waals surface area contributed by atoms with Crippen LogP contribution in [0, 0.1) is 21.8 Å². The fourth-order valence-electron chi connectivity index (χ4n) is 3.92. The molecule has 1 aliphatic carbocycles. The van der Waals surface area contributed by atoms with Crippen molar-refractivity contribution in [2.75, 3.05) is 26.2 Å². The highest BCUT2D eigenvalue weighted by Crippen LogP contribution is 2.44. The maximum atomic E-state index is 14.0. The summed E-state index contributed by atoms with van der Waals surface area (Å²) >= 11 is 0. The molecule has 1 saturated heterocycles. The average Bonchev–Trinajstić information content (AvgIpc) is 3.06. The van der Waals surface area contributed by atoms with Crippen LogP contribution in [0.2, 0.25) is 0 Å². The number of piperazine rings is 1. The van der Waals surface area contributed by atoms with Gasteiger partial charge >= 0.3 is 0 Å². The molecule has 0 unspecified atom stereocenters. The van der Waals surface area contributed by atoms with Gasteiger partial charge in [0.25, 0.3) is 5.69 Å². The molecule has 1 atom stereocenters. The van der Waals surface area contributed by atoms with Gasteiger partial charge in [-0.15, -0.1) is 0 Å². The van der Waals surface area contributed by atoms with Crippen LogP contribution in [0.1, 0.15) is 37.3 Å². The van der Waals surface area contributed by atoms with Crippen LogP contribution in [-0.4, -0.2) is 41.1 Å². The highest BCUT2D eigenvalue weighted by atomic mass is 19.1. The van der Waals surface area contributed by atoms with Crippen molar-refractivity contribution >= 4 is 5.69 Å². The summed E-state index contributed by atoms with van der Waals surface area (Å²) in [4.78, 5) is 12.7. The van der Waals surface area contributed by atoms with E-state index in [0.29, 0.717) is 11.5 Å². The Bertz CT molecular complexity index is 584. The number of phenols is 1. The first-order valence-corrected chi connectivity index (χ1v) is 8.19. The molecule has 0 amide bonds. The van der Waals surface area contributed by atoms with E-state index >= 15 is 0 Å². The lowest BCUT2D eigenvalue weighted by molar-refractivity contribution is -0.385. The smallest absolute Gasteiger partial charge is 0.272 e. The number of aromatic hydroxyl groups is 1. The summed E-state index contributed by atoms with van der Waals surface area (Å²) in [6, 6.07) is 1.99. The molecule has 2 fully saturated rings. The van der Waals surface area contributed by atoms with E-state index in [1.807, 2.05) is 0 Å². The summed E-state index contributed by atoms with van der Waals surface area (Å²) in [7, 11) is 0. The quantitative estimate of drug-likeness (QED) is 0.658. The number of hydrogen-bond acceptors (Lipinski definition) is 5. The monoisotopic (exact) mass is 323 g/mol. The molecule has 3 rings (SSSR count). The van der Waals surface area contributed by atoms with E-state index in [4.69, 9.17) is 0 Å². The van der Waals surface area contributed by atoms with E-state index in [2.05, 4.69) is 10.2 Å². The molecule has 23 heavy (non-hydrogen) atoms. The maximum Gasteiger partial charge on any atom is 0.272 e. The Hall–Kier alpha value is -1.73. The minimum Gasteiger partial charge on any atom is -0.505 e. The molecule has 126 valence electrons. The second-order valence-electron chi connectivity index (χ2n) is 6.40. The van der Waals surface area contributed by atoms with Crippen molar-refractivity contribution < 1.29 is 14.4 Å². The van der Waals surface area contributed by atoms with Gasteiger partial charge in [-0.25, -0.2) is 4.39 Å². The first-order chi connectivity index (χ1) is 11.1. The molecule has 2 aliphatic rings. The van der Waals surface area contributed by atoms with E-state index in [-0.39, 0.29) is 11.7 Å². The van der Waals surface area contributed by atoms with Crippen LogP contribution >= 0.6 is 0 Å². The zero-order valence-corrected chi connectivity index (χ0v) is 13.0. The first kappa shape index (κ1) is 16.1. The molecule has 1 heterocycles. The summed E-state index contributed by atoms with van der Waals surface area (Å²) in [5, 5.41) is 24.6. The Morgan fingerprint density at radius 2 is 1.96 bits per heavy atom. The van der Waals surface area contributed by atoms with Gasteiger partial charge < -0.3 is 10.4 Å². The SMILES string of the molecule is O=[N+]([O-])c1cc(F)c(O)c([C@H](C2CCCC2)N2CCNCC2)c1. The number of benzene rings is 1. The summed E-state index contributed by atoms with van der Waals surface area (Å²) < 4.78 is 14.0. The number of nitrogens with one attached hydrogen (secondary N) is 1. The van der Waals surface area contributed by atoms with Gasteiger partial charge in [-0.2, -0.15) is 0 Å². The highest BCUT2D eigenvalue weighted by molar-refractivity contribution is 5.46. The van der Waals surface area contributed by atoms with Gasteiger partial charge in [-0.05, 0) is 18.8 Å². The molecule has 0 aromatic heterocycles. The summed E-state index contributed by atoms with van der Waals surface area (Å²) in [5.41, 5.74) is 0.0685. The highest BCUT2D eigenvalue weighted by Gasteiger charge is 2.35. The van der Waals surface area contributed by atoms with Crippen LogP contribution in [0.5, 0.6) is 5.75 Å². The second-order valence-corrected chi connectivity index (χ2v) is 6.40. The molecule has 0 spiro atoms. The Morgan fingerprint density at radius 1 is 1.30 bits per heavy atom. The van der Waals surface area contributed by atoms with E-state index < -0.39 is 16.5 Å². The van der Waals surface area contributed by atoms with Crippen molar-refractivity contribution in [2.24, 2.45) is 5.92 Å². The fourth-order valence-corrected chi connectivity index (χ4v) is 3.92. The predicted molar refractivity (Wildman–Crippen MR) is 83.9 cm³/mol. The molecular formula is C16H22FN3O3. The molecule has 1 saturated carbocycles. The minimum absolute atomic E-state index is 0.158. The van der Waals surface area contributed by atoms with Gasteiger partial charge in [-0.1, -0.05) is 12.8 Å². The maximum absolute atomic E-state index is 14.0. The zero-order chi connectivity index (χ0) is 16.4. The molecule has 6 nitrogen and oxygen atoms in total. The summed E-state index contributed by atoms with van der Waals surface area (Å²) in [6.45, 7) is 3.26. The van der Waals surface area contributed by atoms with Gasteiger partial charge in [0.15, 0.2) is 11.6 Å². The third-order valence-corrected chi connectivity index (χ3v) is 5.00. The lowest BCUT2D eigenvalue weighted by Crippen LogP contribution is -2.46. The van der Waals surface area contributed by atoms with E-state index in [0.717, 1.165) is 57.9 Å². The number of nitro benzene ring substituents is 1. The van der Waals surface area contributed by atoms with Crippen molar-refractivity contribution in [3.05, 3.63) is 33.6 Å². The van der Waals surface area contributed by atoms with Crippen molar-refractivity contribution in [1.29, 1.82) is 0 Å². The number of hydrogen-bond donors (Lipinski definition) is 2. The topological polar surface area (TPSA) is 78.6 Å². The third-order valence-electron chi connectivity index (χ3n) is 5.00. The van der Waals surface area contributed by atoms with Crippen LogP contribution in [0.25, 0.3) is 0 Å². The van der Waals surface area contributed by atoms with Crippen molar-refractivity contribution in [1.82, 2.24) is 10.2 Å². The van der Waals surface area contributed by atoms with Gasteiger partial charge in [-0.3, -0.25) is 15.0 Å². The first-order valence-electron chi connectivity index (χ1n) is 8.19. The average molecular weight is 323 g/mol. The Balaban J connectivity index is 2.02. The van der Waals surface area contributed by atoms with Crippen LogP contribution in [-0.2, 0) is 0 Å².